The van der Waals surface area contributed by atoms with Crippen molar-refractivity contribution in [3.63, 3.8) is 0 Å². The first-order valence-corrected chi connectivity index (χ1v) is 6.82. The van der Waals surface area contributed by atoms with Gasteiger partial charge in [0, 0.05) is 13.1 Å². The van der Waals surface area contributed by atoms with E-state index >= 15 is 0 Å². The van der Waals surface area contributed by atoms with Crippen LogP contribution in [-0.4, -0.2) is 40.8 Å². The van der Waals surface area contributed by atoms with Crippen molar-refractivity contribution < 1.29 is 19.4 Å². The maximum absolute atomic E-state index is 12.0. The fraction of sp³-hybridized carbons (Fsp3) is 0.857. The summed E-state index contributed by atoms with van der Waals surface area (Å²) in [4.78, 5) is 24.8. The van der Waals surface area contributed by atoms with Crippen LogP contribution in [0.4, 0.5) is 4.79 Å². The van der Waals surface area contributed by atoms with E-state index < -0.39 is 23.6 Å². The molecule has 5 nitrogen and oxygen atoms in total. The predicted molar refractivity (Wildman–Crippen MR) is 71.9 cm³/mol. The van der Waals surface area contributed by atoms with Crippen molar-refractivity contribution in [3.8, 4) is 0 Å². The van der Waals surface area contributed by atoms with Crippen LogP contribution in [0, 0.1) is 17.8 Å². The van der Waals surface area contributed by atoms with Crippen LogP contribution in [0.5, 0.6) is 0 Å². The number of carbonyl (C=O) groups excluding carboxylic acids is 1. The Hall–Kier alpha value is -1.26. The van der Waals surface area contributed by atoms with Crippen molar-refractivity contribution in [1.82, 2.24) is 4.90 Å². The molecule has 1 aliphatic heterocycles. The highest BCUT2D eigenvalue weighted by Crippen LogP contribution is 2.30. The molecule has 0 radical (unpaired) electrons. The SMILES string of the molecule is CC(C)[C@H]1CCN(C(=O)OC(C)(C)C)C[C@@H]1C(=O)O. The zero-order valence-corrected chi connectivity index (χ0v) is 12.5. The van der Waals surface area contributed by atoms with Crippen LogP contribution in [0.3, 0.4) is 0 Å². The normalized spacial score (nSPS) is 24.4. The van der Waals surface area contributed by atoms with Crippen molar-refractivity contribution >= 4 is 12.1 Å². The van der Waals surface area contributed by atoms with Gasteiger partial charge in [-0.2, -0.15) is 0 Å². The highest BCUT2D eigenvalue weighted by molar-refractivity contribution is 5.73. The first-order valence-electron chi connectivity index (χ1n) is 6.82. The van der Waals surface area contributed by atoms with Crippen molar-refractivity contribution in [1.29, 1.82) is 0 Å². The van der Waals surface area contributed by atoms with Crippen LogP contribution in [-0.2, 0) is 9.53 Å². The van der Waals surface area contributed by atoms with Crippen LogP contribution in [0.1, 0.15) is 41.0 Å². The number of aliphatic carboxylic acids is 1. The number of hydrogen-bond acceptors (Lipinski definition) is 3. The molecule has 0 spiro atoms. The number of hydrogen-bond donors (Lipinski definition) is 1. The highest BCUT2D eigenvalue weighted by Gasteiger charge is 2.38. The Balaban J connectivity index is 2.71. The summed E-state index contributed by atoms with van der Waals surface area (Å²) < 4.78 is 5.30. The number of carbonyl (C=O) groups is 2. The molecule has 0 aromatic heterocycles. The van der Waals surface area contributed by atoms with Gasteiger partial charge in [-0.05, 0) is 39.0 Å². The summed E-state index contributed by atoms with van der Waals surface area (Å²) in [7, 11) is 0. The number of rotatable bonds is 2. The Kier molecular flexibility index (Phi) is 4.82. The summed E-state index contributed by atoms with van der Waals surface area (Å²) in [5.41, 5.74) is -0.551. The molecule has 19 heavy (non-hydrogen) atoms. The summed E-state index contributed by atoms with van der Waals surface area (Å²) in [6.45, 7) is 10.3. The molecular weight excluding hydrogens is 246 g/mol. The minimum atomic E-state index is -0.827. The number of piperidine rings is 1. The van der Waals surface area contributed by atoms with Crippen LogP contribution >= 0.6 is 0 Å². The molecule has 0 saturated carbocycles. The highest BCUT2D eigenvalue weighted by atomic mass is 16.6. The molecule has 2 atom stereocenters. The Bertz CT molecular complexity index is 346. The average Bonchev–Trinajstić information content (AvgIpc) is 2.25. The molecule has 1 heterocycles. The molecule has 1 saturated heterocycles. The fourth-order valence-corrected chi connectivity index (χ4v) is 2.52. The van der Waals surface area contributed by atoms with E-state index in [4.69, 9.17) is 4.74 Å². The molecule has 1 fully saturated rings. The second kappa shape index (κ2) is 5.80. The van der Waals surface area contributed by atoms with Gasteiger partial charge in [0.15, 0.2) is 0 Å². The summed E-state index contributed by atoms with van der Waals surface area (Å²) >= 11 is 0. The van der Waals surface area contributed by atoms with E-state index in [0.717, 1.165) is 0 Å². The number of ether oxygens (including phenoxy) is 1. The number of nitrogens with zero attached hydrogens (tertiary/aromatic N) is 1. The molecule has 5 heteroatoms. The molecule has 0 aliphatic carbocycles. The van der Waals surface area contributed by atoms with Gasteiger partial charge in [-0.3, -0.25) is 4.79 Å². The zero-order chi connectivity index (χ0) is 14.8. The number of carboxylic acid groups (broad SMARTS) is 1. The minimum absolute atomic E-state index is 0.121. The van der Waals surface area contributed by atoms with Crippen molar-refractivity contribution in [2.45, 2.75) is 46.6 Å². The smallest absolute Gasteiger partial charge is 0.410 e. The summed E-state index contributed by atoms with van der Waals surface area (Å²) in [6.07, 6.45) is 0.300. The van der Waals surface area contributed by atoms with Gasteiger partial charge in [0.25, 0.3) is 0 Å². The Morgan fingerprint density at radius 3 is 2.32 bits per heavy atom. The van der Waals surface area contributed by atoms with E-state index in [-0.39, 0.29) is 12.5 Å². The van der Waals surface area contributed by atoms with Gasteiger partial charge in [0.05, 0.1) is 5.92 Å². The lowest BCUT2D eigenvalue weighted by Gasteiger charge is -2.38. The first kappa shape index (κ1) is 15.8. The van der Waals surface area contributed by atoms with Crippen molar-refractivity contribution in [2.24, 2.45) is 17.8 Å². The summed E-state index contributed by atoms with van der Waals surface area (Å²) in [5.74, 6) is -0.897. The van der Waals surface area contributed by atoms with Gasteiger partial charge in [-0.25, -0.2) is 4.79 Å². The van der Waals surface area contributed by atoms with Gasteiger partial charge < -0.3 is 14.7 Å². The van der Waals surface area contributed by atoms with Crippen molar-refractivity contribution in [2.75, 3.05) is 13.1 Å². The Labute approximate surface area is 114 Å². The molecule has 0 bridgehead atoms. The Morgan fingerprint density at radius 2 is 1.89 bits per heavy atom. The Morgan fingerprint density at radius 1 is 1.32 bits per heavy atom. The molecule has 110 valence electrons. The lowest BCUT2D eigenvalue weighted by atomic mass is 9.78. The largest absolute Gasteiger partial charge is 0.481 e. The third-order valence-electron chi connectivity index (χ3n) is 3.49. The van der Waals surface area contributed by atoms with E-state index in [2.05, 4.69) is 0 Å². The first-order chi connectivity index (χ1) is 8.61. The standard InChI is InChI=1S/C14H25NO4/c1-9(2)10-6-7-15(8-11(10)12(16)17)13(18)19-14(3,4)5/h9-11H,6-8H2,1-5H3,(H,16,17)/t10-,11+/m1/s1. The van der Waals surface area contributed by atoms with Gasteiger partial charge >= 0.3 is 12.1 Å². The van der Waals surface area contributed by atoms with Crippen LogP contribution in [0.15, 0.2) is 0 Å². The van der Waals surface area contributed by atoms with E-state index in [0.29, 0.717) is 18.9 Å². The maximum Gasteiger partial charge on any atom is 0.410 e. The van der Waals surface area contributed by atoms with Crippen LogP contribution in [0.25, 0.3) is 0 Å². The summed E-state index contributed by atoms with van der Waals surface area (Å²) in [5, 5.41) is 9.31. The monoisotopic (exact) mass is 271 g/mol. The maximum atomic E-state index is 12.0. The number of carboxylic acids is 1. The molecule has 0 unspecified atom stereocenters. The third kappa shape index (κ3) is 4.40. The zero-order valence-electron chi connectivity index (χ0n) is 12.5. The van der Waals surface area contributed by atoms with Crippen molar-refractivity contribution in [3.05, 3.63) is 0 Å². The molecule has 1 N–H and O–H groups in total. The van der Waals surface area contributed by atoms with Crippen LogP contribution < -0.4 is 0 Å². The fourth-order valence-electron chi connectivity index (χ4n) is 2.52. The van der Waals surface area contributed by atoms with Crippen LogP contribution in [0.2, 0.25) is 0 Å². The van der Waals surface area contributed by atoms with E-state index in [9.17, 15) is 14.7 Å². The molecule has 1 aliphatic rings. The topological polar surface area (TPSA) is 66.8 Å². The lowest BCUT2D eigenvalue weighted by molar-refractivity contribution is -0.146. The van der Waals surface area contributed by atoms with E-state index in [1.807, 2.05) is 13.8 Å². The second-order valence-electron chi connectivity index (χ2n) is 6.57. The quantitative estimate of drug-likeness (QED) is 0.838. The number of likely N-dealkylation sites (tertiary alicyclic amines) is 1. The second-order valence-corrected chi connectivity index (χ2v) is 6.57. The van der Waals surface area contributed by atoms with Gasteiger partial charge in [0.2, 0.25) is 0 Å². The molecule has 1 rings (SSSR count). The van der Waals surface area contributed by atoms with E-state index in [1.165, 1.54) is 4.90 Å². The van der Waals surface area contributed by atoms with Gasteiger partial charge in [-0.1, -0.05) is 13.8 Å². The van der Waals surface area contributed by atoms with E-state index in [1.54, 1.807) is 20.8 Å². The average molecular weight is 271 g/mol. The predicted octanol–water partition coefficient (Wildman–Crippen LogP) is 2.60. The molecule has 0 aromatic carbocycles. The summed E-state index contributed by atoms with van der Waals surface area (Å²) in [6, 6.07) is 0. The molecule has 1 amide bonds. The number of amides is 1. The third-order valence-corrected chi connectivity index (χ3v) is 3.49. The molecular formula is C14H25NO4. The minimum Gasteiger partial charge on any atom is -0.481 e. The van der Waals surface area contributed by atoms with Gasteiger partial charge in [0.1, 0.15) is 5.60 Å². The lowest BCUT2D eigenvalue weighted by Crippen LogP contribution is -2.49. The van der Waals surface area contributed by atoms with Gasteiger partial charge in [-0.15, -0.1) is 0 Å². The molecule has 0 aromatic rings.